The lowest BCUT2D eigenvalue weighted by molar-refractivity contribution is -0.432. The second kappa shape index (κ2) is 6.21. The average molecular weight is 229 g/mol. The summed E-state index contributed by atoms with van der Waals surface area (Å²) in [5.74, 6) is 0. The Hall–Kier alpha value is -1.33. The van der Waals surface area contributed by atoms with Crippen LogP contribution in [0.4, 0.5) is 0 Å². The van der Waals surface area contributed by atoms with Gasteiger partial charge in [-0.3, -0.25) is 9.59 Å². The molecule has 0 fully saturated rings. The van der Waals surface area contributed by atoms with Gasteiger partial charge in [0.25, 0.3) is 0 Å². The fourth-order valence-corrected chi connectivity index (χ4v) is 0.726. The smallest absolute Gasteiger partial charge is 0.150 e. The van der Waals surface area contributed by atoms with Crippen LogP contribution >= 0.6 is 7.82 Å². The van der Waals surface area contributed by atoms with E-state index < -0.39 is 7.82 Å². The maximum atomic E-state index is 10.2. The van der Waals surface area contributed by atoms with Crippen LogP contribution in [0.25, 0.3) is 0 Å². The fraction of sp³-hybridized carbons (Fsp3) is 0. The van der Waals surface area contributed by atoms with E-state index in [1.165, 1.54) is 0 Å². The summed E-state index contributed by atoms with van der Waals surface area (Å²) in [6.07, 6.45) is 1.34. The quantitative estimate of drug-likeness (QED) is 0.448. The van der Waals surface area contributed by atoms with E-state index in [2.05, 4.69) is 0 Å². The minimum Gasteiger partial charge on any atom is -0.822 e. The Morgan fingerprint density at radius 3 is 1.40 bits per heavy atom. The second-order valence-corrected chi connectivity index (χ2v) is 3.21. The lowest BCUT2D eigenvalue weighted by Crippen LogP contribution is -2.24. The zero-order valence-corrected chi connectivity index (χ0v) is 8.26. The van der Waals surface area contributed by atoms with E-state index >= 15 is 0 Å². The maximum Gasteiger partial charge on any atom is 0.150 e. The number of rotatable bonds is 2. The van der Waals surface area contributed by atoms with Crippen molar-refractivity contribution in [2.24, 2.45) is 0 Å². The number of carbonyl (C=O) groups is 2. The summed E-state index contributed by atoms with van der Waals surface area (Å²) in [6.45, 7) is 0. The third-order valence-corrected chi connectivity index (χ3v) is 1.25. The molecule has 7 heteroatoms. The van der Waals surface area contributed by atoms with Crippen LogP contribution in [0, 0.1) is 0 Å². The van der Waals surface area contributed by atoms with Crippen molar-refractivity contribution >= 4 is 20.4 Å². The van der Waals surface area contributed by atoms with Gasteiger partial charge in [-0.25, -0.2) is 0 Å². The Kier molecular flexibility index (Phi) is 5.66. The minimum atomic E-state index is -5.39. The lowest BCUT2D eigenvalue weighted by atomic mass is 10.1. The highest BCUT2D eigenvalue weighted by Gasteiger charge is 1.95. The van der Waals surface area contributed by atoms with Crippen molar-refractivity contribution in [3.63, 3.8) is 0 Å². The van der Waals surface area contributed by atoms with Crippen molar-refractivity contribution in [1.82, 2.24) is 0 Å². The molecule has 0 aliphatic rings. The summed E-state index contributed by atoms with van der Waals surface area (Å²) >= 11 is 0. The van der Waals surface area contributed by atoms with E-state index in [1.807, 2.05) is 0 Å². The number of hydrogen-bond donors (Lipinski definition) is 0. The molecule has 0 saturated heterocycles. The second-order valence-electron chi connectivity index (χ2n) is 2.31. The highest BCUT2D eigenvalue weighted by molar-refractivity contribution is 7.40. The van der Waals surface area contributed by atoms with E-state index in [0.29, 0.717) is 23.7 Å². The standard InChI is InChI=1S/C8H6O2.H3O4P/c9-5-7-3-1-2-4-8(7)6-10;1-5(2,3)4/h1-6H;(H3,1,2,3,4)/p-3. The topological polar surface area (TPSA) is 120 Å². The van der Waals surface area contributed by atoms with Crippen LogP contribution < -0.4 is 14.7 Å². The van der Waals surface area contributed by atoms with Gasteiger partial charge in [0, 0.05) is 11.1 Å². The highest BCUT2D eigenvalue weighted by atomic mass is 31.2. The molecule has 0 aliphatic heterocycles. The summed E-state index contributed by atoms with van der Waals surface area (Å²) in [7, 11) is -5.39. The SMILES string of the molecule is O=Cc1ccccc1C=O.O=P([O-])([O-])[O-]. The molecule has 0 heterocycles. The summed E-state index contributed by atoms with van der Waals surface area (Å²) in [5.41, 5.74) is 0.884. The highest BCUT2D eigenvalue weighted by Crippen LogP contribution is 2.03. The van der Waals surface area contributed by atoms with Gasteiger partial charge in [0.2, 0.25) is 0 Å². The van der Waals surface area contributed by atoms with Crippen LogP contribution in [0.3, 0.4) is 0 Å². The number of hydrogen-bond acceptors (Lipinski definition) is 6. The van der Waals surface area contributed by atoms with Gasteiger partial charge >= 0.3 is 0 Å². The predicted octanol–water partition coefficient (Wildman–Crippen LogP) is -1.51. The van der Waals surface area contributed by atoms with E-state index in [0.717, 1.165) is 0 Å². The van der Waals surface area contributed by atoms with Gasteiger partial charge in [0.1, 0.15) is 0 Å². The molecule has 1 aromatic carbocycles. The first kappa shape index (κ1) is 13.7. The van der Waals surface area contributed by atoms with Crippen molar-refractivity contribution in [3.05, 3.63) is 35.4 Å². The average Bonchev–Trinajstić information content (AvgIpc) is 2.15. The van der Waals surface area contributed by atoms with Crippen LogP contribution in [0.2, 0.25) is 0 Å². The van der Waals surface area contributed by atoms with Gasteiger partial charge in [-0.15, -0.1) is 0 Å². The molecule has 0 aromatic heterocycles. The fourth-order valence-electron chi connectivity index (χ4n) is 0.726. The molecule has 0 saturated carbocycles. The number of benzene rings is 1. The van der Waals surface area contributed by atoms with Gasteiger partial charge in [0.15, 0.2) is 12.6 Å². The van der Waals surface area contributed by atoms with Crippen molar-refractivity contribution in [2.45, 2.75) is 0 Å². The van der Waals surface area contributed by atoms with Crippen LogP contribution in [-0.4, -0.2) is 12.6 Å². The third kappa shape index (κ3) is 7.72. The normalized spacial score (nSPS) is 9.80. The third-order valence-electron chi connectivity index (χ3n) is 1.25. The minimum absolute atomic E-state index is 0.442. The van der Waals surface area contributed by atoms with Crippen molar-refractivity contribution in [1.29, 1.82) is 0 Å². The molecule has 15 heavy (non-hydrogen) atoms. The van der Waals surface area contributed by atoms with Gasteiger partial charge in [-0.1, -0.05) is 24.3 Å². The van der Waals surface area contributed by atoms with Crippen LogP contribution in [0.1, 0.15) is 20.7 Å². The summed E-state index contributed by atoms with van der Waals surface area (Å²) in [6, 6.07) is 6.65. The lowest BCUT2D eigenvalue weighted by Gasteiger charge is -2.36. The van der Waals surface area contributed by atoms with Gasteiger partial charge in [0.05, 0.1) is 0 Å². The first-order chi connectivity index (χ1) is 6.88. The van der Waals surface area contributed by atoms with E-state index in [1.54, 1.807) is 24.3 Å². The van der Waals surface area contributed by atoms with Gasteiger partial charge in [-0.2, -0.15) is 7.82 Å². The van der Waals surface area contributed by atoms with E-state index in [-0.39, 0.29) is 0 Å². The first-order valence-corrected chi connectivity index (χ1v) is 5.07. The predicted molar refractivity (Wildman–Crippen MR) is 44.8 cm³/mol. The number of aldehydes is 2. The molecule has 0 atom stereocenters. The van der Waals surface area contributed by atoms with Gasteiger partial charge in [-0.05, 0) is 0 Å². The monoisotopic (exact) mass is 229 g/mol. The largest absolute Gasteiger partial charge is 0.822 e. The zero-order valence-electron chi connectivity index (χ0n) is 7.36. The van der Waals surface area contributed by atoms with Crippen LogP contribution in [0.5, 0.6) is 0 Å². The molecule has 0 spiro atoms. The molecule has 0 N–H and O–H groups in total. The van der Waals surface area contributed by atoms with E-state index in [4.69, 9.17) is 19.2 Å². The molecular weight excluding hydrogens is 223 g/mol. The van der Waals surface area contributed by atoms with Crippen molar-refractivity contribution in [3.8, 4) is 0 Å². The Morgan fingerprint density at radius 2 is 1.20 bits per heavy atom. The molecule has 6 nitrogen and oxygen atoms in total. The van der Waals surface area contributed by atoms with Crippen LogP contribution in [0.15, 0.2) is 24.3 Å². The molecule has 0 aliphatic carbocycles. The Labute approximate surface area is 85.4 Å². The number of carbonyl (C=O) groups excluding carboxylic acids is 2. The van der Waals surface area contributed by atoms with Crippen molar-refractivity contribution in [2.75, 3.05) is 0 Å². The molecule has 82 valence electrons. The number of phosphoric acid groups is 1. The Morgan fingerprint density at radius 1 is 0.933 bits per heavy atom. The summed E-state index contributed by atoms with van der Waals surface area (Å²) in [5, 5.41) is 0. The van der Waals surface area contributed by atoms with Gasteiger partial charge < -0.3 is 19.2 Å². The molecular formula is C8H6O6P-3. The summed E-state index contributed by atoms with van der Waals surface area (Å²) < 4.78 is 8.55. The molecule has 0 bridgehead atoms. The molecule has 0 radical (unpaired) electrons. The maximum absolute atomic E-state index is 10.2. The zero-order chi connectivity index (χ0) is 11.9. The first-order valence-electron chi connectivity index (χ1n) is 3.61. The summed E-state index contributed by atoms with van der Waals surface area (Å²) in [4.78, 5) is 46.1. The van der Waals surface area contributed by atoms with E-state index in [9.17, 15) is 9.59 Å². The Balaban J connectivity index is 0.000000336. The molecule has 0 amide bonds. The van der Waals surface area contributed by atoms with Crippen molar-refractivity contribution < 1.29 is 28.8 Å². The van der Waals surface area contributed by atoms with Crippen LogP contribution in [-0.2, 0) is 4.57 Å². The molecule has 0 unspecified atom stereocenters. The molecule has 1 aromatic rings. The molecule has 1 rings (SSSR count). The Bertz CT molecular complexity index is 347.